The number of nitrogens with zero attached hydrogens (tertiary/aromatic N) is 1. The van der Waals surface area contributed by atoms with Crippen molar-refractivity contribution in [3.05, 3.63) is 57.4 Å². The van der Waals surface area contributed by atoms with Crippen LogP contribution in [0.3, 0.4) is 0 Å². The number of benzene rings is 1. The highest BCUT2D eigenvalue weighted by Crippen LogP contribution is 2.37. The molecule has 0 amide bonds. The lowest BCUT2D eigenvalue weighted by atomic mass is 10.0. The van der Waals surface area contributed by atoms with Crippen LogP contribution in [0, 0.1) is 20.8 Å². The van der Waals surface area contributed by atoms with Crippen molar-refractivity contribution in [2.75, 3.05) is 13.7 Å². The molecule has 0 saturated heterocycles. The largest absolute Gasteiger partial charge is 0.513 e. The van der Waals surface area contributed by atoms with Crippen LogP contribution in [0.25, 0.3) is 0 Å². The normalized spacial score (nSPS) is 12.1. The van der Waals surface area contributed by atoms with Gasteiger partial charge in [0.05, 0.1) is 24.8 Å². The van der Waals surface area contributed by atoms with E-state index < -0.39 is 41.8 Å². The Morgan fingerprint density at radius 2 is 1.67 bits per heavy atom. The molecule has 0 radical (unpaired) electrons. The molecule has 0 aliphatic rings. The Labute approximate surface area is 186 Å². The Kier molecular flexibility index (Phi) is 8.34. The first-order valence-corrected chi connectivity index (χ1v) is 9.83. The van der Waals surface area contributed by atoms with E-state index in [-0.39, 0.29) is 12.7 Å². The molecule has 0 saturated carbocycles. The highest BCUT2D eigenvalue weighted by Gasteiger charge is 2.38. The molecule has 1 aromatic heterocycles. The van der Waals surface area contributed by atoms with Gasteiger partial charge in [0, 0.05) is 29.1 Å². The summed E-state index contributed by atoms with van der Waals surface area (Å²) in [5, 5.41) is 0. The topological polar surface area (TPSA) is 57.7 Å². The van der Waals surface area contributed by atoms with E-state index in [1.807, 2.05) is 0 Å². The summed E-state index contributed by atoms with van der Waals surface area (Å²) >= 11 is 0. The van der Waals surface area contributed by atoms with Crippen LogP contribution in [-0.4, -0.2) is 24.9 Å². The van der Waals surface area contributed by atoms with Crippen LogP contribution in [-0.2, 0) is 34.9 Å². The van der Waals surface area contributed by atoms with E-state index >= 15 is 0 Å². The number of pyridine rings is 1. The summed E-state index contributed by atoms with van der Waals surface area (Å²) in [6.07, 6.45) is -10.1. The van der Waals surface area contributed by atoms with Gasteiger partial charge in [0.25, 0.3) is 0 Å². The minimum atomic E-state index is -4.96. The van der Waals surface area contributed by atoms with E-state index in [1.165, 1.54) is 7.11 Å². The molecule has 5 nitrogen and oxygen atoms in total. The minimum absolute atomic E-state index is 0.0162. The number of methoxy groups -OCH3 is 1. The molecule has 0 fully saturated rings. The number of hydrogen-bond acceptors (Lipinski definition) is 5. The number of aryl methyl sites for hydroxylation is 2. The van der Waals surface area contributed by atoms with Crippen molar-refractivity contribution < 1.29 is 45.3 Å². The van der Waals surface area contributed by atoms with Crippen molar-refractivity contribution in [2.45, 2.75) is 52.6 Å². The number of ether oxygens (including phenoxy) is 3. The van der Waals surface area contributed by atoms with Crippen molar-refractivity contribution in [1.29, 1.82) is 0 Å². The Hall–Kier alpha value is -2.82. The standard InChI is InChI=1S/C22H23F6NO4/c1-12-13(2)29-14(3)17(19(12)33-20(30)31-4)6-5-9-32-11-15-7-8-16(21(23,24)25)10-18(15)22(26,27)28/h7-8,10H,5-6,9,11H2,1-4H3. The van der Waals surface area contributed by atoms with Gasteiger partial charge in [-0.05, 0) is 51.3 Å². The second-order valence-electron chi connectivity index (χ2n) is 7.30. The van der Waals surface area contributed by atoms with Crippen LogP contribution in [0.1, 0.15) is 45.6 Å². The van der Waals surface area contributed by atoms with Crippen LogP contribution >= 0.6 is 0 Å². The van der Waals surface area contributed by atoms with Gasteiger partial charge in [-0.2, -0.15) is 26.3 Å². The van der Waals surface area contributed by atoms with Crippen molar-refractivity contribution in [2.24, 2.45) is 0 Å². The molecule has 0 aliphatic heterocycles. The van der Waals surface area contributed by atoms with Crippen molar-refractivity contribution in [1.82, 2.24) is 4.98 Å². The number of carbonyl (C=O) groups is 1. The number of alkyl halides is 6. The lowest BCUT2D eigenvalue weighted by Crippen LogP contribution is -2.14. The van der Waals surface area contributed by atoms with E-state index in [1.54, 1.807) is 20.8 Å². The Balaban J connectivity index is 2.09. The fourth-order valence-corrected chi connectivity index (χ4v) is 3.19. The summed E-state index contributed by atoms with van der Waals surface area (Å²) in [5.41, 5.74) is -0.629. The molecule has 0 bridgehead atoms. The highest BCUT2D eigenvalue weighted by atomic mass is 19.4. The predicted molar refractivity (Wildman–Crippen MR) is 106 cm³/mol. The van der Waals surface area contributed by atoms with Gasteiger partial charge in [-0.1, -0.05) is 6.07 Å². The van der Waals surface area contributed by atoms with Crippen molar-refractivity contribution >= 4 is 6.16 Å². The van der Waals surface area contributed by atoms with E-state index in [2.05, 4.69) is 9.72 Å². The van der Waals surface area contributed by atoms with Gasteiger partial charge in [0.15, 0.2) is 0 Å². The minimum Gasteiger partial charge on any atom is -0.437 e. The van der Waals surface area contributed by atoms with Crippen LogP contribution in [0.2, 0.25) is 0 Å². The predicted octanol–water partition coefficient (Wildman–Crippen LogP) is 6.34. The molecular weight excluding hydrogens is 456 g/mol. The van der Waals surface area contributed by atoms with E-state index in [4.69, 9.17) is 9.47 Å². The smallest absolute Gasteiger partial charge is 0.437 e. The van der Waals surface area contributed by atoms with Gasteiger partial charge in [0.1, 0.15) is 5.75 Å². The maximum absolute atomic E-state index is 13.2. The zero-order chi connectivity index (χ0) is 25.0. The van der Waals surface area contributed by atoms with E-state index in [0.717, 1.165) is 6.07 Å². The van der Waals surface area contributed by atoms with Crippen LogP contribution in [0.5, 0.6) is 5.75 Å². The lowest BCUT2D eigenvalue weighted by Gasteiger charge is -2.17. The number of rotatable bonds is 7. The zero-order valence-corrected chi connectivity index (χ0v) is 18.4. The first-order chi connectivity index (χ1) is 15.3. The van der Waals surface area contributed by atoms with Gasteiger partial charge < -0.3 is 14.2 Å². The molecule has 0 unspecified atom stereocenters. The monoisotopic (exact) mass is 479 g/mol. The zero-order valence-electron chi connectivity index (χ0n) is 18.4. The van der Waals surface area contributed by atoms with Crippen LogP contribution < -0.4 is 4.74 Å². The molecule has 1 aromatic carbocycles. The maximum Gasteiger partial charge on any atom is 0.513 e. The summed E-state index contributed by atoms with van der Waals surface area (Å²) in [5.74, 6) is 0.300. The molecule has 1 heterocycles. The number of aromatic nitrogens is 1. The van der Waals surface area contributed by atoms with E-state index in [0.29, 0.717) is 47.2 Å². The molecule has 11 heteroatoms. The number of carbonyl (C=O) groups excluding carboxylic acids is 1. The van der Waals surface area contributed by atoms with Crippen molar-refractivity contribution in [3.63, 3.8) is 0 Å². The van der Waals surface area contributed by atoms with Crippen molar-refractivity contribution in [3.8, 4) is 5.75 Å². The first kappa shape index (κ1) is 26.4. The Morgan fingerprint density at radius 1 is 1.00 bits per heavy atom. The molecule has 0 N–H and O–H groups in total. The van der Waals surface area contributed by atoms with Gasteiger partial charge in [-0.25, -0.2) is 4.79 Å². The van der Waals surface area contributed by atoms with Gasteiger partial charge >= 0.3 is 18.5 Å². The van der Waals surface area contributed by atoms with Gasteiger partial charge in [-0.3, -0.25) is 4.98 Å². The third-order valence-electron chi connectivity index (χ3n) is 5.00. The third-order valence-corrected chi connectivity index (χ3v) is 5.00. The van der Waals surface area contributed by atoms with Crippen LogP contribution in [0.4, 0.5) is 31.1 Å². The average molecular weight is 479 g/mol. The summed E-state index contributed by atoms with van der Waals surface area (Å²) < 4.78 is 93.1. The molecule has 182 valence electrons. The first-order valence-electron chi connectivity index (χ1n) is 9.83. The SMILES string of the molecule is COC(=O)Oc1c(C)c(C)nc(C)c1CCCOCc1ccc(C(F)(F)F)cc1C(F)(F)F. The van der Waals surface area contributed by atoms with E-state index in [9.17, 15) is 31.1 Å². The maximum atomic E-state index is 13.2. The summed E-state index contributed by atoms with van der Waals surface area (Å²) in [4.78, 5) is 16.0. The number of halogens is 6. The summed E-state index contributed by atoms with van der Waals surface area (Å²) in [7, 11) is 1.17. The molecule has 0 aliphatic carbocycles. The molecule has 2 rings (SSSR count). The Bertz CT molecular complexity index is 1000. The number of hydrogen-bond donors (Lipinski definition) is 0. The van der Waals surface area contributed by atoms with Gasteiger partial charge in [0.2, 0.25) is 0 Å². The summed E-state index contributed by atoms with van der Waals surface area (Å²) in [6.45, 7) is 4.71. The fraction of sp³-hybridized carbons (Fsp3) is 0.455. The molecular formula is C22H23F6NO4. The average Bonchev–Trinajstić information content (AvgIpc) is 2.71. The second kappa shape index (κ2) is 10.4. The highest BCUT2D eigenvalue weighted by molar-refractivity contribution is 5.65. The quantitative estimate of drug-likeness (QED) is 0.264. The lowest BCUT2D eigenvalue weighted by molar-refractivity contribution is -0.143. The molecule has 0 spiro atoms. The fourth-order valence-electron chi connectivity index (χ4n) is 3.19. The van der Waals surface area contributed by atoms with Gasteiger partial charge in [-0.15, -0.1) is 0 Å². The van der Waals surface area contributed by atoms with Crippen LogP contribution in [0.15, 0.2) is 18.2 Å². The second-order valence-corrected chi connectivity index (χ2v) is 7.30. The third kappa shape index (κ3) is 6.83. The summed E-state index contributed by atoms with van der Waals surface area (Å²) in [6, 6.07) is 1.44. The molecule has 2 aromatic rings. The molecule has 33 heavy (non-hydrogen) atoms. The Morgan fingerprint density at radius 3 is 2.24 bits per heavy atom. The molecule has 0 atom stereocenters.